The van der Waals surface area contributed by atoms with Gasteiger partial charge in [0.2, 0.25) is 11.9 Å². The maximum Gasteiger partial charge on any atom is 0.272 e. The highest BCUT2D eigenvalue weighted by Crippen LogP contribution is 2.55. The summed E-state index contributed by atoms with van der Waals surface area (Å²) in [5.74, 6) is 2.18. The van der Waals surface area contributed by atoms with E-state index in [0.29, 0.717) is 34.6 Å². The molecule has 2 spiro atoms. The summed E-state index contributed by atoms with van der Waals surface area (Å²) < 4.78 is 34.4. The summed E-state index contributed by atoms with van der Waals surface area (Å²) in [6, 6.07) is 6.79. The van der Waals surface area contributed by atoms with Crippen molar-refractivity contribution in [2.45, 2.75) is 63.8 Å². The van der Waals surface area contributed by atoms with Gasteiger partial charge in [-0.3, -0.25) is 14.8 Å². The summed E-state index contributed by atoms with van der Waals surface area (Å²) in [6.45, 7) is 12.2. The molecule has 4 aliphatic heterocycles. The van der Waals surface area contributed by atoms with Crippen LogP contribution in [0, 0.1) is 17.8 Å². The third-order valence-corrected chi connectivity index (χ3v) is 12.8. The highest BCUT2D eigenvalue weighted by molar-refractivity contribution is 6.06. The molecular weight excluding hydrogens is 650 g/mol. The van der Waals surface area contributed by atoms with Gasteiger partial charge in [-0.25, -0.2) is 13.8 Å². The zero-order chi connectivity index (χ0) is 34.6. The molecule has 10 nitrogen and oxygen atoms in total. The van der Waals surface area contributed by atoms with Crippen LogP contribution in [0.15, 0.2) is 37.1 Å². The molecule has 6 aliphatic rings. The number of benzene rings is 2. The van der Waals surface area contributed by atoms with Crippen molar-refractivity contribution in [3.05, 3.63) is 48.2 Å². The molecule has 2 saturated carbocycles. The standard InChI is InChI=1S/C39H44F2N8O2/c1-3-31(50)49-21-39(22-49)10-12-46(13-11-39)36-27-14-26(24-5-6-24)33(32-23(2)4-7-29-28(32)15-42-45-29)35(51-18-30(40)41)34(27)43-37(44-36)47-16-25(17-47)48-19-38(20-48)8-9-38/h3-4,7,14-15,24-25,30H,1,5-6,8-13,16-22H2,2H3,(H,42,45). The fraction of sp³-hybridized carbons (Fsp3) is 0.538. The van der Waals surface area contributed by atoms with Crippen LogP contribution in [0.25, 0.3) is 32.9 Å². The fourth-order valence-electron chi connectivity index (χ4n) is 9.30. The first-order valence-electron chi connectivity index (χ1n) is 18.6. The highest BCUT2D eigenvalue weighted by Gasteiger charge is 2.55. The Kier molecular flexibility index (Phi) is 6.99. The van der Waals surface area contributed by atoms with Gasteiger partial charge in [0.1, 0.15) is 17.9 Å². The van der Waals surface area contributed by atoms with E-state index in [-0.39, 0.29) is 11.3 Å². The number of aryl methyl sites for hydroxylation is 1. The number of anilines is 2. The number of H-pyrrole nitrogens is 1. The van der Waals surface area contributed by atoms with Crippen LogP contribution in [0.2, 0.25) is 0 Å². The molecule has 1 N–H and O–H groups in total. The van der Waals surface area contributed by atoms with Crippen molar-refractivity contribution < 1.29 is 18.3 Å². The largest absolute Gasteiger partial charge is 0.485 e. The number of hydrogen-bond donors (Lipinski definition) is 1. The van der Waals surface area contributed by atoms with Gasteiger partial charge in [0.25, 0.3) is 6.43 Å². The van der Waals surface area contributed by atoms with E-state index in [4.69, 9.17) is 14.7 Å². The number of nitrogens with one attached hydrogen (secondary N) is 1. The normalized spacial score (nSPS) is 22.5. The van der Waals surface area contributed by atoms with Crippen LogP contribution >= 0.6 is 0 Å². The smallest absolute Gasteiger partial charge is 0.272 e. The summed E-state index contributed by atoms with van der Waals surface area (Å²) >= 11 is 0. The summed E-state index contributed by atoms with van der Waals surface area (Å²) in [5.41, 5.74) is 6.11. The summed E-state index contributed by atoms with van der Waals surface area (Å²) in [4.78, 5) is 31.9. The molecule has 0 radical (unpaired) electrons. The van der Waals surface area contributed by atoms with Gasteiger partial charge in [0.05, 0.1) is 11.7 Å². The van der Waals surface area contributed by atoms with E-state index in [1.165, 1.54) is 32.0 Å². The van der Waals surface area contributed by atoms with Gasteiger partial charge in [0.15, 0.2) is 5.75 Å². The number of halogens is 2. The summed E-state index contributed by atoms with van der Waals surface area (Å²) in [5, 5.41) is 9.24. The van der Waals surface area contributed by atoms with Crippen LogP contribution in [-0.4, -0.2) is 107 Å². The van der Waals surface area contributed by atoms with Crippen molar-refractivity contribution in [1.82, 2.24) is 30.0 Å². The van der Waals surface area contributed by atoms with Gasteiger partial charge in [-0.15, -0.1) is 0 Å². The van der Waals surface area contributed by atoms with Gasteiger partial charge in [0, 0.05) is 80.2 Å². The second-order valence-electron chi connectivity index (χ2n) is 16.3. The number of hydrogen-bond acceptors (Lipinski definition) is 8. The Labute approximate surface area is 295 Å². The summed E-state index contributed by atoms with van der Waals surface area (Å²) in [6.07, 6.45) is 7.24. The van der Waals surface area contributed by atoms with Gasteiger partial charge in [-0.1, -0.05) is 12.6 Å². The molecular formula is C39H44F2N8O2. The SMILES string of the molecule is C=CC(=O)N1CC2(CCN(c3nc(N4CC(N5CC6(CC6)C5)C4)nc4c(OCC(F)F)c(-c5c(C)ccc6[nH]ncc56)c(C5CC5)cc34)CC2)C1. The van der Waals surface area contributed by atoms with Crippen LogP contribution < -0.4 is 14.5 Å². The number of piperidine rings is 1. The summed E-state index contributed by atoms with van der Waals surface area (Å²) in [7, 11) is 0. The zero-order valence-electron chi connectivity index (χ0n) is 29.1. The number of aromatic amines is 1. The molecule has 266 valence electrons. The molecule has 10 rings (SSSR count). The van der Waals surface area contributed by atoms with Crippen LogP contribution in [-0.2, 0) is 4.79 Å². The van der Waals surface area contributed by atoms with Crippen molar-refractivity contribution in [2.24, 2.45) is 10.8 Å². The Morgan fingerprint density at radius 1 is 1.02 bits per heavy atom. The molecule has 2 aromatic carbocycles. The minimum atomic E-state index is -2.64. The first-order valence-corrected chi connectivity index (χ1v) is 18.6. The Morgan fingerprint density at radius 2 is 1.76 bits per heavy atom. The van der Waals surface area contributed by atoms with Crippen LogP contribution in [0.1, 0.15) is 55.6 Å². The number of rotatable bonds is 9. The lowest BCUT2D eigenvalue weighted by molar-refractivity contribution is -0.139. The van der Waals surface area contributed by atoms with E-state index in [1.807, 2.05) is 17.2 Å². The van der Waals surface area contributed by atoms with Gasteiger partial charge >= 0.3 is 0 Å². The topological polar surface area (TPSA) is 93.7 Å². The van der Waals surface area contributed by atoms with E-state index in [9.17, 15) is 13.6 Å². The molecule has 51 heavy (non-hydrogen) atoms. The van der Waals surface area contributed by atoms with Crippen LogP contribution in [0.4, 0.5) is 20.5 Å². The molecule has 4 saturated heterocycles. The molecule has 0 unspecified atom stereocenters. The first kappa shape index (κ1) is 31.4. The van der Waals surface area contributed by atoms with Gasteiger partial charge in [-0.2, -0.15) is 10.1 Å². The Bertz CT molecular complexity index is 2060. The molecule has 6 fully saturated rings. The van der Waals surface area contributed by atoms with E-state index in [1.54, 1.807) is 0 Å². The molecule has 6 heterocycles. The maximum absolute atomic E-state index is 14.1. The van der Waals surface area contributed by atoms with Crippen molar-refractivity contribution in [3.63, 3.8) is 0 Å². The predicted octanol–water partition coefficient (Wildman–Crippen LogP) is 5.90. The zero-order valence-corrected chi connectivity index (χ0v) is 29.1. The number of likely N-dealkylation sites (tertiary alicyclic amines) is 2. The second kappa shape index (κ2) is 11.3. The molecule has 2 aliphatic carbocycles. The van der Waals surface area contributed by atoms with E-state index in [2.05, 4.69) is 50.5 Å². The second-order valence-corrected chi connectivity index (χ2v) is 16.3. The number of amides is 1. The lowest BCUT2D eigenvalue weighted by atomic mass is 9.72. The number of carbonyl (C=O) groups is 1. The molecule has 0 bridgehead atoms. The maximum atomic E-state index is 14.1. The predicted molar refractivity (Wildman–Crippen MR) is 193 cm³/mol. The number of alkyl halides is 2. The Hall–Kier alpha value is -4.32. The number of fused-ring (bicyclic) bond motifs is 2. The third kappa shape index (κ3) is 5.18. The number of nitrogens with zero attached hydrogens (tertiary/aromatic N) is 7. The first-order chi connectivity index (χ1) is 24.7. The highest BCUT2D eigenvalue weighted by atomic mass is 19.3. The average Bonchev–Trinajstić information content (AvgIpc) is 4.02. The van der Waals surface area contributed by atoms with Gasteiger partial charge in [-0.05, 0) is 91.7 Å². The molecule has 1 amide bonds. The van der Waals surface area contributed by atoms with Crippen molar-refractivity contribution >= 4 is 39.5 Å². The van der Waals surface area contributed by atoms with E-state index in [0.717, 1.165) is 109 Å². The van der Waals surface area contributed by atoms with Crippen molar-refractivity contribution in [2.75, 3.05) is 68.8 Å². The number of carbonyl (C=O) groups excluding carboxylic acids is 1. The lowest BCUT2D eigenvalue weighted by Crippen LogP contribution is -2.66. The fourth-order valence-corrected chi connectivity index (χ4v) is 9.30. The monoisotopic (exact) mass is 694 g/mol. The Balaban J connectivity index is 1.09. The van der Waals surface area contributed by atoms with Crippen LogP contribution in [0.3, 0.4) is 0 Å². The molecule has 4 aromatic rings. The van der Waals surface area contributed by atoms with E-state index < -0.39 is 13.0 Å². The molecule has 0 atom stereocenters. The Morgan fingerprint density at radius 3 is 2.45 bits per heavy atom. The third-order valence-electron chi connectivity index (χ3n) is 12.8. The van der Waals surface area contributed by atoms with Crippen molar-refractivity contribution in [3.8, 4) is 16.9 Å². The molecule has 2 aromatic heterocycles. The lowest BCUT2D eigenvalue weighted by Gasteiger charge is -2.54. The molecule has 12 heteroatoms. The minimum absolute atomic E-state index is 0.00560. The van der Waals surface area contributed by atoms with E-state index >= 15 is 0 Å². The quantitative estimate of drug-likeness (QED) is 0.217. The number of ether oxygens (including phenoxy) is 1. The number of aromatic nitrogens is 4. The average molecular weight is 695 g/mol. The van der Waals surface area contributed by atoms with Gasteiger partial charge < -0.3 is 19.4 Å². The van der Waals surface area contributed by atoms with Crippen LogP contribution in [0.5, 0.6) is 5.75 Å². The van der Waals surface area contributed by atoms with Crippen molar-refractivity contribution in [1.29, 1.82) is 0 Å². The minimum Gasteiger partial charge on any atom is -0.485 e.